The summed E-state index contributed by atoms with van der Waals surface area (Å²) in [6.45, 7) is 7.17. The molecule has 0 bridgehead atoms. The molecule has 0 saturated carbocycles. The van der Waals surface area contributed by atoms with Crippen LogP contribution in [0.5, 0.6) is 0 Å². The smallest absolute Gasteiger partial charge is 0.303 e. The third-order valence-electron chi connectivity index (χ3n) is 6.24. The van der Waals surface area contributed by atoms with Gasteiger partial charge >= 0.3 is 47.8 Å². The van der Waals surface area contributed by atoms with Gasteiger partial charge in [-0.3, -0.25) is 43.2 Å². The first-order chi connectivity index (χ1) is 23.2. The molecule has 0 aliphatic carbocycles. The van der Waals surface area contributed by atoms with Gasteiger partial charge in [-0.1, -0.05) is 0 Å². The highest BCUT2D eigenvalue weighted by Crippen LogP contribution is 2.29. The number of hydrogen-bond acceptors (Lipinski definition) is 19. The van der Waals surface area contributed by atoms with Crippen molar-refractivity contribution in [1.82, 2.24) is 5.32 Å². The van der Waals surface area contributed by atoms with Crippen LogP contribution in [0.1, 0.15) is 62.3 Å². The van der Waals surface area contributed by atoms with E-state index < -0.39 is 129 Å². The summed E-state index contributed by atoms with van der Waals surface area (Å²) in [5.41, 5.74) is 0. The Morgan fingerprint density at radius 2 is 0.980 bits per heavy atom. The number of nitrogens with one attached hydrogen (secondary N) is 1. The fourth-order valence-electron chi connectivity index (χ4n) is 4.73. The molecule has 0 aromatic heterocycles. The first kappa shape index (κ1) is 43.2. The topological polar surface area (TPSA) is 258 Å². The Morgan fingerprint density at radius 3 is 1.38 bits per heavy atom. The fraction of sp³-hybridized carbons (Fsp3) is 0.700. The Labute approximate surface area is 286 Å². The van der Waals surface area contributed by atoms with Gasteiger partial charge in [0.25, 0.3) is 0 Å². The van der Waals surface area contributed by atoms with Crippen LogP contribution < -0.4 is 5.32 Å². The lowest BCUT2D eigenvalue weighted by Gasteiger charge is -2.45. The van der Waals surface area contributed by atoms with E-state index in [0.717, 1.165) is 62.3 Å². The van der Waals surface area contributed by atoms with Gasteiger partial charge in [0.05, 0.1) is 6.61 Å². The molecule has 0 unspecified atom stereocenters. The maximum Gasteiger partial charge on any atom is 0.303 e. The average Bonchev–Trinajstić information content (AvgIpc) is 2.95. The lowest BCUT2D eigenvalue weighted by atomic mass is 9.96. The van der Waals surface area contributed by atoms with E-state index in [1.807, 2.05) is 0 Å². The zero-order valence-electron chi connectivity index (χ0n) is 29.1. The molecule has 1 amide bonds. The molecule has 1 aliphatic rings. The third kappa shape index (κ3) is 15.6. The standard InChI is InChI=1S/C30H43NO19/c1-13(32)31-25-29(49-21(9)40)28(48-20(8)39)24(11-42-15(3)34)50-30(25)43-12-23(45-17(5)36)27(47-19(7)38)26(46-18(6)37)22(44-16(4)35)10-41-14(2)33/h22-30H,10-12H2,1-9H3,(H,31,32)/t22-,23+,24+,25+,26+,27-,28+,29+,30+/m0/s1. The molecule has 1 saturated heterocycles. The second-order valence-electron chi connectivity index (χ2n) is 10.8. The van der Waals surface area contributed by atoms with Crippen molar-refractivity contribution >= 4 is 53.7 Å². The summed E-state index contributed by atoms with van der Waals surface area (Å²) in [6.07, 6.45) is -12.9. The molecule has 1 heterocycles. The Morgan fingerprint density at radius 1 is 0.540 bits per heavy atom. The molecule has 0 aromatic carbocycles. The minimum atomic E-state index is -1.82. The molecule has 1 rings (SSSR count). The molecule has 0 spiro atoms. The Bertz CT molecular complexity index is 1270. The van der Waals surface area contributed by atoms with E-state index >= 15 is 0 Å². The lowest BCUT2D eigenvalue weighted by Crippen LogP contribution is -2.67. The molecule has 50 heavy (non-hydrogen) atoms. The average molecular weight is 722 g/mol. The second-order valence-corrected chi connectivity index (χ2v) is 10.8. The Kier molecular flexibility index (Phi) is 17.8. The highest BCUT2D eigenvalue weighted by atomic mass is 16.7. The van der Waals surface area contributed by atoms with Crippen molar-refractivity contribution in [1.29, 1.82) is 0 Å². The molecule has 20 heteroatoms. The van der Waals surface area contributed by atoms with Gasteiger partial charge < -0.3 is 52.7 Å². The summed E-state index contributed by atoms with van der Waals surface area (Å²) >= 11 is 0. The van der Waals surface area contributed by atoms with Crippen molar-refractivity contribution in [3.05, 3.63) is 0 Å². The van der Waals surface area contributed by atoms with E-state index in [-0.39, 0.29) is 0 Å². The van der Waals surface area contributed by atoms with Crippen LogP contribution in [0.2, 0.25) is 0 Å². The summed E-state index contributed by atoms with van der Waals surface area (Å²) in [5, 5.41) is 2.48. The number of hydrogen-bond donors (Lipinski definition) is 1. The first-order valence-electron chi connectivity index (χ1n) is 15.1. The van der Waals surface area contributed by atoms with Crippen LogP contribution >= 0.6 is 0 Å². The minimum absolute atomic E-state index is 0.560. The quantitative estimate of drug-likeness (QED) is 0.139. The lowest BCUT2D eigenvalue weighted by molar-refractivity contribution is -0.285. The SMILES string of the molecule is CC(=O)N[C@H]1[C@H](OC[C@@H](OC(C)=O)[C@H](OC(C)=O)[C@H](OC(C)=O)[C@H](COC(C)=O)OC(C)=O)O[C@H](COC(C)=O)[C@@H](OC(C)=O)[C@@H]1OC(C)=O. The molecular formula is C30H43NO19. The normalized spacial score (nSPS) is 22.1. The number of amides is 1. The molecule has 1 aliphatic heterocycles. The van der Waals surface area contributed by atoms with E-state index in [2.05, 4.69) is 5.32 Å². The first-order valence-corrected chi connectivity index (χ1v) is 15.1. The summed E-state index contributed by atoms with van der Waals surface area (Å²) in [6, 6.07) is -1.44. The van der Waals surface area contributed by atoms with Gasteiger partial charge in [-0.25, -0.2) is 0 Å². The third-order valence-corrected chi connectivity index (χ3v) is 6.24. The van der Waals surface area contributed by atoms with E-state index in [0.29, 0.717) is 0 Å². The summed E-state index contributed by atoms with van der Waals surface area (Å²) < 4.78 is 54.0. The van der Waals surface area contributed by atoms with Crippen molar-refractivity contribution in [2.75, 3.05) is 19.8 Å². The van der Waals surface area contributed by atoms with Crippen molar-refractivity contribution in [2.45, 2.75) is 117 Å². The fourth-order valence-corrected chi connectivity index (χ4v) is 4.73. The van der Waals surface area contributed by atoms with Crippen LogP contribution in [0, 0.1) is 0 Å². The largest absolute Gasteiger partial charge is 0.463 e. The van der Waals surface area contributed by atoms with Crippen molar-refractivity contribution in [3.8, 4) is 0 Å². The van der Waals surface area contributed by atoms with E-state index in [1.165, 1.54) is 0 Å². The maximum atomic E-state index is 12.3. The zero-order chi connectivity index (χ0) is 38.3. The van der Waals surface area contributed by atoms with Gasteiger partial charge in [0.1, 0.15) is 25.4 Å². The molecule has 0 aromatic rings. The highest BCUT2D eigenvalue weighted by Gasteiger charge is 2.52. The molecule has 1 fully saturated rings. The number of esters is 8. The number of rotatable bonds is 17. The minimum Gasteiger partial charge on any atom is -0.463 e. The summed E-state index contributed by atoms with van der Waals surface area (Å²) in [7, 11) is 0. The predicted molar refractivity (Wildman–Crippen MR) is 159 cm³/mol. The Balaban J connectivity index is 3.76. The second kappa shape index (κ2) is 20.6. The maximum absolute atomic E-state index is 12.3. The van der Waals surface area contributed by atoms with Gasteiger partial charge in [-0.2, -0.15) is 0 Å². The molecule has 282 valence electrons. The zero-order valence-corrected chi connectivity index (χ0v) is 29.1. The highest BCUT2D eigenvalue weighted by molar-refractivity contribution is 5.74. The molecule has 20 nitrogen and oxygen atoms in total. The number of carbonyl (C=O) groups excluding carboxylic acids is 9. The summed E-state index contributed by atoms with van der Waals surface area (Å²) in [5.74, 6) is -7.86. The van der Waals surface area contributed by atoms with Gasteiger partial charge in [0, 0.05) is 62.3 Å². The van der Waals surface area contributed by atoms with Crippen LogP contribution in [0.4, 0.5) is 0 Å². The molecule has 0 radical (unpaired) electrons. The van der Waals surface area contributed by atoms with Gasteiger partial charge in [0.15, 0.2) is 42.9 Å². The van der Waals surface area contributed by atoms with Crippen LogP contribution in [-0.4, -0.2) is 129 Å². The van der Waals surface area contributed by atoms with Crippen LogP contribution in [-0.2, 0) is 90.5 Å². The van der Waals surface area contributed by atoms with E-state index in [4.69, 9.17) is 47.4 Å². The number of carbonyl (C=O) groups is 9. The number of ether oxygens (including phenoxy) is 10. The van der Waals surface area contributed by atoms with Crippen LogP contribution in [0.25, 0.3) is 0 Å². The van der Waals surface area contributed by atoms with E-state index in [1.54, 1.807) is 0 Å². The van der Waals surface area contributed by atoms with Crippen LogP contribution in [0.3, 0.4) is 0 Å². The van der Waals surface area contributed by atoms with Crippen molar-refractivity contribution in [3.63, 3.8) is 0 Å². The summed E-state index contributed by atoms with van der Waals surface area (Å²) in [4.78, 5) is 109. The molecular weight excluding hydrogens is 678 g/mol. The van der Waals surface area contributed by atoms with Crippen molar-refractivity contribution in [2.24, 2.45) is 0 Å². The molecule has 9 atom stereocenters. The van der Waals surface area contributed by atoms with E-state index in [9.17, 15) is 43.2 Å². The monoisotopic (exact) mass is 721 g/mol. The Hall–Kier alpha value is -4.85. The molecule has 1 N–H and O–H groups in total. The van der Waals surface area contributed by atoms with Gasteiger partial charge in [0.2, 0.25) is 5.91 Å². The van der Waals surface area contributed by atoms with Crippen molar-refractivity contribution < 1.29 is 90.5 Å². The van der Waals surface area contributed by atoms with Crippen LogP contribution in [0.15, 0.2) is 0 Å². The van der Waals surface area contributed by atoms with Gasteiger partial charge in [-0.15, -0.1) is 0 Å². The predicted octanol–water partition coefficient (Wildman–Crippen LogP) is -1.05. The van der Waals surface area contributed by atoms with Gasteiger partial charge in [-0.05, 0) is 0 Å².